The maximum atomic E-state index is 12.7. The van der Waals surface area contributed by atoms with E-state index in [0.29, 0.717) is 10.1 Å². The van der Waals surface area contributed by atoms with E-state index in [-0.39, 0.29) is 0 Å². The minimum absolute atomic E-state index is 0.396. The van der Waals surface area contributed by atoms with E-state index in [9.17, 15) is 4.39 Å². The molecule has 0 radical (unpaired) electrons. The molecule has 1 aromatic carbocycles. The first-order chi connectivity index (χ1) is 5.29. The zero-order valence-corrected chi connectivity index (χ0v) is 7.06. The van der Waals surface area contributed by atoms with Crippen molar-refractivity contribution >= 4 is 26.9 Å². The van der Waals surface area contributed by atoms with Crippen LogP contribution in [0.2, 0.25) is 0 Å². The van der Waals surface area contributed by atoms with Gasteiger partial charge in [0.2, 0.25) is 0 Å². The standard InChI is InChI=1S/C8H4BrFO/c9-7-5-3-1-2-4-6(5)11-8(7)10/h1-4H. The van der Waals surface area contributed by atoms with Gasteiger partial charge in [-0.3, -0.25) is 0 Å². The molecule has 0 spiro atoms. The van der Waals surface area contributed by atoms with Crippen molar-refractivity contribution in [2.45, 2.75) is 0 Å². The van der Waals surface area contributed by atoms with Crippen LogP contribution in [0.15, 0.2) is 33.2 Å². The Bertz CT molecular complexity index is 394. The van der Waals surface area contributed by atoms with E-state index in [1.807, 2.05) is 6.07 Å². The maximum Gasteiger partial charge on any atom is 0.293 e. The van der Waals surface area contributed by atoms with Crippen LogP contribution < -0.4 is 0 Å². The fourth-order valence-electron chi connectivity index (χ4n) is 0.984. The number of furan rings is 1. The Balaban J connectivity index is 2.92. The lowest BCUT2D eigenvalue weighted by Crippen LogP contribution is -1.62. The number of rotatable bonds is 0. The van der Waals surface area contributed by atoms with Gasteiger partial charge in [-0.15, -0.1) is 0 Å². The van der Waals surface area contributed by atoms with Crippen molar-refractivity contribution in [3.8, 4) is 0 Å². The van der Waals surface area contributed by atoms with Crippen LogP contribution in [-0.2, 0) is 0 Å². The van der Waals surface area contributed by atoms with Gasteiger partial charge in [-0.25, -0.2) is 0 Å². The molecule has 0 N–H and O–H groups in total. The SMILES string of the molecule is Fc1oc2ccccc2c1Br. The van der Waals surface area contributed by atoms with E-state index in [2.05, 4.69) is 15.9 Å². The third kappa shape index (κ3) is 0.959. The zero-order chi connectivity index (χ0) is 7.84. The zero-order valence-electron chi connectivity index (χ0n) is 5.47. The third-order valence-electron chi connectivity index (χ3n) is 1.50. The molecule has 1 nitrogen and oxygen atoms in total. The molecule has 0 saturated carbocycles. The molecule has 0 atom stereocenters. The molecular formula is C8H4BrFO. The number of fused-ring (bicyclic) bond motifs is 1. The van der Waals surface area contributed by atoms with Gasteiger partial charge in [0, 0.05) is 5.39 Å². The van der Waals surface area contributed by atoms with Crippen molar-refractivity contribution in [3.05, 3.63) is 34.8 Å². The molecule has 1 aromatic heterocycles. The van der Waals surface area contributed by atoms with Gasteiger partial charge in [-0.1, -0.05) is 12.1 Å². The number of benzene rings is 1. The molecule has 56 valence electrons. The summed E-state index contributed by atoms with van der Waals surface area (Å²) < 4.78 is 17.9. The van der Waals surface area contributed by atoms with Gasteiger partial charge in [0.1, 0.15) is 10.1 Å². The number of halogens is 2. The van der Waals surface area contributed by atoms with E-state index in [4.69, 9.17) is 4.42 Å². The smallest absolute Gasteiger partial charge is 0.293 e. The Kier molecular flexibility index (Phi) is 1.46. The molecule has 0 unspecified atom stereocenters. The van der Waals surface area contributed by atoms with E-state index < -0.39 is 6.01 Å². The van der Waals surface area contributed by atoms with Crippen LogP contribution in [0.3, 0.4) is 0 Å². The van der Waals surface area contributed by atoms with Gasteiger partial charge >= 0.3 is 0 Å². The lowest BCUT2D eigenvalue weighted by atomic mass is 10.3. The summed E-state index contributed by atoms with van der Waals surface area (Å²) in [4.78, 5) is 0. The molecule has 0 amide bonds. The molecule has 0 fully saturated rings. The minimum Gasteiger partial charge on any atom is -0.430 e. The summed E-state index contributed by atoms with van der Waals surface area (Å²) in [5.74, 6) is 0. The molecular weight excluding hydrogens is 211 g/mol. The van der Waals surface area contributed by atoms with E-state index in [1.165, 1.54) is 0 Å². The molecule has 0 bridgehead atoms. The van der Waals surface area contributed by atoms with Crippen LogP contribution >= 0.6 is 15.9 Å². The molecule has 2 rings (SSSR count). The van der Waals surface area contributed by atoms with Crippen LogP contribution in [-0.4, -0.2) is 0 Å². The summed E-state index contributed by atoms with van der Waals surface area (Å²) in [6.07, 6.45) is 0. The average Bonchev–Trinajstić information content (AvgIpc) is 2.30. The highest BCUT2D eigenvalue weighted by Gasteiger charge is 2.08. The normalized spacial score (nSPS) is 10.7. The minimum atomic E-state index is -0.564. The molecule has 0 aliphatic heterocycles. The predicted octanol–water partition coefficient (Wildman–Crippen LogP) is 3.33. The highest BCUT2D eigenvalue weighted by Crippen LogP contribution is 2.28. The van der Waals surface area contributed by atoms with Crippen molar-refractivity contribution in [2.24, 2.45) is 0 Å². The lowest BCUT2D eigenvalue weighted by molar-refractivity contribution is 0.376. The van der Waals surface area contributed by atoms with Gasteiger partial charge < -0.3 is 4.42 Å². The quantitative estimate of drug-likeness (QED) is 0.656. The Morgan fingerprint density at radius 2 is 2.00 bits per heavy atom. The predicted molar refractivity (Wildman–Crippen MR) is 43.9 cm³/mol. The summed E-state index contributed by atoms with van der Waals surface area (Å²) in [7, 11) is 0. The fraction of sp³-hybridized carbons (Fsp3) is 0. The molecule has 0 aliphatic rings. The summed E-state index contributed by atoms with van der Waals surface area (Å²) >= 11 is 3.08. The van der Waals surface area contributed by atoms with E-state index in [0.717, 1.165) is 5.39 Å². The topological polar surface area (TPSA) is 13.1 Å². The molecule has 11 heavy (non-hydrogen) atoms. The van der Waals surface area contributed by atoms with Crippen molar-refractivity contribution in [2.75, 3.05) is 0 Å². The van der Waals surface area contributed by atoms with Crippen LogP contribution in [0.5, 0.6) is 0 Å². The fourth-order valence-corrected chi connectivity index (χ4v) is 1.39. The second-order valence-corrected chi connectivity index (χ2v) is 2.98. The van der Waals surface area contributed by atoms with Crippen LogP contribution in [0.1, 0.15) is 0 Å². The Morgan fingerprint density at radius 3 is 2.73 bits per heavy atom. The molecule has 0 saturated heterocycles. The molecule has 1 heterocycles. The van der Waals surface area contributed by atoms with Crippen molar-refractivity contribution in [1.29, 1.82) is 0 Å². The molecule has 0 aliphatic carbocycles. The number of hydrogen-bond donors (Lipinski definition) is 0. The molecule has 3 heteroatoms. The van der Waals surface area contributed by atoms with Crippen LogP contribution in [0.4, 0.5) is 4.39 Å². The number of para-hydroxylation sites is 1. The highest BCUT2D eigenvalue weighted by molar-refractivity contribution is 9.10. The summed E-state index contributed by atoms with van der Waals surface area (Å²) in [6, 6.07) is 6.60. The van der Waals surface area contributed by atoms with E-state index >= 15 is 0 Å². The highest BCUT2D eigenvalue weighted by atomic mass is 79.9. The molecule has 2 aromatic rings. The van der Waals surface area contributed by atoms with Crippen LogP contribution in [0, 0.1) is 6.01 Å². The Labute approximate surface area is 70.9 Å². The second-order valence-electron chi connectivity index (χ2n) is 2.19. The first kappa shape index (κ1) is 6.85. The van der Waals surface area contributed by atoms with Gasteiger partial charge in [0.15, 0.2) is 0 Å². The van der Waals surface area contributed by atoms with Crippen molar-refractivity contribution in [1.82, 2.24) is 0 Å². The Morgan fingerprint density at radius 1 is 1.27 bits per heavy atom. The largest absolute Gasteiger partial charge is 0.430 e. The average molecular weight is 215 g/mol. The summed E-state index contributed by atoms with van der Waals surface area (Å²) in [5, 5.41) is 0.769. The number of hydrogen-bond acceptors (Lipinski definition) is 1. The van der Waals surface area contributed by atoms with Crippen LogP contribution in [0.25, 0.3) is 11.0 Å². The maximum absolute atomic E-state index is 12.7. The summed E-state index contributed by atoms with van der Waals surface area (Å²) in [5.41, 5.74) is 0.567. The third-order valence-corrected chi connectivity index (χ3v) is 2.23. The van der Waals surface area contributed by atoms with Gasteiger partial charge in [0.25, 0.3) is 6.01 Å². The van der Waals surface area contributed by atoms with Gasteiger partial charge in [0.05, 0.1) is 0 Å². The second kappa shape index (κ2) is 2.34. The van der Waals surface area contributed by atoms with Gasteiger partial charge in [-0.2, -0.15) is 4.39 Å². The lowest BCUT2D eigenvalue weighted by Gasteiger charge is -1.83. The Hall–Kier alpha value is -0.830. The first-order valence-electron chi connectivity index (χ1n) is 3.11. The van der Waals surface area contributed by atoms with Crippen molar-refractivity contribution < 1.29 is 8.81 Å². The van der Waals surface area contributed by atoms with Crippen molar-refractivity contribution in [3.63, 3.8) is 0 Å². The van der Waals surface area contributed by atoms with E-state index in [1.54, 1.807) is 18.2 Å². The monoisotopic (exact) mass is 214 g/mol. The van der Waals surface area contributed by atoms with Gasteiger partial charge in [-0.05, 0) is 28.1 Å². The summed E-state index contributed by atoms with van der Waals surface area (Å²) in [6.45, 7) is 0. The first-order valence-corrected chi connectivity index (χ1v) is 3.91.